The van der Waals surface area contributed by atoms with Crippen molar-refractivity contribution in [2.24, 2.45) is 0 Å². The Bertz CT molecular complexity index is 929. The first-order valence-corrected chi connectivity index (χ1v) is 8.48. The number of aromatic nitrogens is 3. The van der Waals surface area contributed by atoms with Crippen molar-refractivity contribution in [1.29, 1.82) is 0 Å². The van der Waals surface area contributed by atoms with Crippen LogP contribution in [-0.4, -0.2) is 20.7 Å². The van der Waals surface area contributed by atoms with Crippen LogP contribution in [0.3, 0.4) is 0 Å². The summed E-state index contributed by atoms with van der Waals surface area (Å²) in [4.78, 5) is 16.6. The van der Waals surface area contributed by atoms with Gasteiger partial charge in [0.1, 0.15) is 18.9 Å². The molecule has 1 N–H and O–H groups in total. The molecule has 0 saturated heterocycles. The fraction of sp³-hybridized carbons (Fsp3) is 0.235. The Kier molecular flexibility index (Phi) is 3.57. The Morgan fingerprint density at radius 1 is 1.42 bits per heavy atom. The predicted octanol–water partition coefficient (Wildman–Crippen LogP) is 3.15. The van der Waals surface area contributed by atoms with Crippen molar-refractivity contribution in [3.8, 4) is 17.0 Å². The fourth-order valence-corrected chi connectivity index (χ4v) is 3.48. The van der Waals surface area contributed by atoms with E-state index in [4.69, 9.17) is 4.74 Å². The van der Waals surface area contributed by atoms with Crippen LogP contribution in [0.4, 0.5) is 5.13 Å². The molecular weight excluding hydrogens is 324 g/mol. The molecule has 0 atom stereocenters. The van der Waals surface area contributed by atoms with Crippen LogP contribution < -0.4 is 10.1 Å². The van der Waals surface area contributed by atoms with Gasteiger partial charge >= 0.3 is 0 Å². The molecule has 4 rings (SSSR count). The molecule has 0 radical (unpaired) electrons. The smallest absolute Gasteiger partial charge is 0.247 e. The average molecular weight is 340 g/mol. The molecule has 1 amide bonds. The summed E-state index contributed by atoms with van der Waals surface area (Å²) >= 11 is 1.42. The summed E-state index contributed by atoms with van der Waals surface area (Å²) in [5, 5.41) is 9.71. The number of anilines is 1. The molecule has 0 unspecified atom stereocenters. The van der Waals surface area contributed by atoms with E-state index in [0.717, 1.165) is 33.8 Å². The molecule has 3 aromatic rings. The Balaban J connectivity index is 1.62. The molecule has 1 aromatic carbocycles. The van der Waals surface area contributed by atoms with Gasteiger partial charge in [0.25, 0.3) is 0 Å². The van der Waals surface area contributed by atoms with Gasteiger partial charge in [-0.05, 0) is 26.0 Å². The Morgan fingerprint density at radius 2 is 2.29 bits per heavy atom. The van der Waals surface area contributed by atoms with Gasteiger partial charge in [-0.15, -0.1) is 11.3 Å². The summed E-state index contributed by atoms with van der Waals surface area (Å²) in [7, 11) is 0. The number of nitrogens with zero attached hydrogens (tertiary/aromatic N) is 3. The highest BCUT2D eigenvalue weighted by molar-refractivity contribution is 7.13. The molecular formula is C17H16N4O2S. The van der Waals surface area contributed by atoms with Gasteiger partial charge in [-0.2, -0.15) is 5.10 Å². The summed E-state index contributed by atoms with van der Waals surface area (Å²) in [6, 6.07) is 6.04. The number of hydrogen-bond donors (Lipinski definition) is 1. The van der Waals surface area contributed by atoms with Gasteiger partial charge < -0.3 is 10.1 Å². The van der Waals surface area contributed by atoms with Crippen molar-refractivity contribution >= 4 is 22.4 Å². The second-order valence-corrected chi connectivity index (χ2v) is 6.66. The van der Waals surface area contributed by atoms with Gasteiger partial charge in [-0.3, -0.25) is 9.48 Å². The monoisotopic (exact) mass is 340 g/mol. The minimum Gasteiger partial charge on any atom is -0.488 e. The third-order valence-electron chi connectivity index (χ3n) is 3.85. The van der Waals surface area contributed by atoms with Crippen LogP contribution in [0.25, 0.3) is 11.3 Å². The number of rotatable bonds is 3. The summed E-state index contributed by atoms with van der Waals surface area (Å²) in [6.07, 6.45) is 1.77. The van der Waals surface area contributed by atoms with Crippen LogP contribution in [0.15, 0.2) is 29.8 Å². The van der Waals surface area contributed by atoms with E-state index in [2.05, 4.69) is 21.5 Å². The highest BCUT2D eigenvalue weighted by Gasteiger charge is 2.23. The molecule has 122 valence electrons. The van der Waals surface area contributed by atoms with E-state index in [1.165, 1.54) is 11.3 Å². The molecule has 6 nitrogen and oxygen atoms in total. The maximum Gasteiger partial charge on any atom is 0.247 e. The SMILES string of the molecule is Cc1ccc2c(c1)-c1c(cnn1CC(=O)Nc1nc(C)cs1)CO2. The molecule has 7 heteroatoms. The minimum absolute atomic E-state index is 0.140. The molecule has 24 heavy (non-hydrogen) atoms. The van der Waals surface area contributed by atoms with E-state index in [1.807, 2.05) is 31.4 Å². The highest BCUT2D eigenvalue weighted by Crippen LogP contribution is 2.37. The number of carbonyl (C=O) groups excluding carboxylic acids is 1. The molecule has 0 saturated carbocycles. The molecule has 0 fully saturated rings. The Labute approximate surface area is 143 Å². The van der Waals surface area contributed by atoms with Gasteiger partial charge in [0.15, 0.2) is 5.13 Å². The lowest BCUT2D eigenvalue weighted by molar-refractivity contribution is -0.116. The molecule has 3 heterocycles. The number of nitrogens with one attached hydrogen (secondary N) is 1. The second-order valence-electron chi connectivity index (χ2n) is 5.81. The molecule has 0 spiro atoms. The average Bonchev–Trinajstić information content (AvgIpc) is 3.14. The quantitative estimate of drug-likeness (QED) is 0.795. The van der Waals surface area contributed by atoms with Gasteiger partial charge in [0.2, 0.25) is 5.91 Å². The van der Waals surface area contributed by atoms with E-state index in [0.29, 0.717) is 11.7 Å². The normalized spacial score (nSPS) is 12.2. The van der Waals surface area contributed by atoms with Crippen molar-refractivity contribution in [1.82, 2.24) is 14.8 Å². The van der Waals surface area contributed by atoms with E-state index >= 15 is 0 Å². The third kappa shape index (κ3) is 2.67. The van der Waals surface area contributed by atoms with Gasteiger partial charge in [0.05, 0.1) is 17.6 Å². The second kappa shape index (κ2) is 5.76. The van der Waals surface area contributed by atoms with E-state index < -0.39 is 0 Å². The van der Waals surface area contributed by atoms with Crippen molar-refractivity contribution in [2.75, 3.05) is 5.32 Å². The lowest BCUT2D eigenvalue weighted by atomic mass is 10.0. The Hall–Kier alpha value is -2.67. The number of hydrogen-bond acceptors (Lipinski definition) is 5. The topological polar surface area (TPSA) is 69.0 Å². The number of benzene rings is 1. The number of aryl methyl sites for hydroxylation is 2. The van der Waals surface area contributed by atoms with Crippen LogP contribution in [0, 0.1) is 13.8 Å². The zero-order valence-electron chi connectivity index (χ0n) is 13.4. The van der Waals surface area contributed by atoms with Crippen LogP contribution in [0.1, 0.15) is 16.8 Å². The predicted molar refractivity (Wildman–Crippen MR) is 92.2 cm³/mol. The van der Waals surface area contributed by atoms with Crippen LogP contribution in [-0.2, 0) is 17.9 Å². The molecule has 0 aliphatic carbocycles. The summed E-state index contributed by atoms with van der Waals surface area (Å²) in [5.41, 5.74) is 4.96. The van der Waals surface area contributed by atoms with E-state index in [-0.39, 0.29) is 12.5 Å². The molecule has 1 aliphatic rings. The largest absolute Gasteiger partial charge is 0.488 e. The van der Waals surface area contributed by atoms with Crippen molar-refractivity contribution in [3.05, 3.63) is 46.6 Å². The number of ether oxygens (including phenoxy) is 1. The van der Waals surface area contributed by atoms with Gasteiger partial charge in [0, 0.05) is 16.5 Å². The summed E-state index contributed by atoms with van der Waals surface area (Å²) in [6.45, 7) is 4.54. The fourth-order valence-electron chi connectivity index (χ4n) is 2.78. The third-order valence-corrected chi connectivity index (χ3v) is 4.72. The van der Waals surface area contributed by atoms with Crippen LogP contribution in [0.5, 0.6) is 5.75 Å². The lowest BCUT2D eigenvalue weighted by Gasteiger charge is -2.19. The zero-order valence-corrected chi connectivity index (χ0v) is 14.2. The first kappa shape index (κ1) is 14.9. The first-order valence-electron chi connectivity index (χ1n) is 7.60. The number of fused-ring (bicyclic) bond motifs is 3. The number of carbonyl (C=O) groups is 1. The molecule has 0 bridgehead atoms. The summed E-state index contributed by atoms with van der Waals surface area (Å²) < 4.78 is 7.49. The molecule has 1 aliphatic heterocycles. The summed E-state index contributed by atoms with van der Waals surface area (Å²) in [5.74, 6) is 0.682. The number of thiazole rings is 1. The van der Waals surface area contributed by atoms with Crippen molar-refractivity contribution in [2.45, 2.75) is 27.0 Å². The standard InChI is InChI=1S/C17H16N4O2S/c1-10-3-4-14-13(5-10)16-12(8-23-14)6-18-21(16)7-15(22)20-17-19-11(2)9-24-17/h3-6,9H,7-8H2,1-2H3,(H,19,20,22). The maximum absolute atomic E-state index is 12.3. The van der Waals surface area contributed by atoms with Gasteiger partial charge in [-0.25, -0.2) is 4.98 Å². The molecule has 2 aromatic heterocycles. The van der Waals surface area contributed by atoms with E-state index in [1.54, 1.807) is 10.9 Å². The van der Waals surface area contributed by atoms with Crippen LogP contribution >= 0.6 is 11.3 Å². The minimum atomic E-state index is -0.143. The van der Waals surface area contributed by atoms with E-state index in [9.17, 15) is 4.79 Å². The lowest BCUT2D eigenvalue weighted by Crippen LogP contribution is -2.20. The van der Waals surface area contributed by atoms with Gasteiger partial charge in [-0.1, -0.05) is 11.6 Å². The van der Waals surface area contributed by atoms with Crippen LogP contribution in [0.2, 0.25) is 0 Å². The first-order chi connectivity index (χ1) is 11.6. The van der Waals surface area contributed by atoms with Crippen molar-refractivity contribution < 1.29 is 9.53 Å². The number of amides is 1. The maximum atomic E-state index is 12.3. The van der Waals surface area contributed by atoms with Crippen molar-refractivity contribution in [3.63, 3.8) is 0 Å². The zero-order chi connectivity index (χ0) is 16.7. The highest BCUT2D eigenvalue weighted by atomic mass is 32.1. The Morgan fingerprint density at radius 3 is 3.08 bits per heavy atom.